The van der Waals surface area contributed by atoms with Gasteiger partial charge in [-0.05, 0) is 64.1 Å². The van der Waals surface area contributed by atoms with Crippen LogP contribution in [0.2, 0.25) is 0 Å². The summed E-state index contributed by atoms with van der Waals surface area (Å²) in [4.78, 5) is 2.46. The lowest BCUT2D eigenvalue weighted by atomic mass is 9.89. The van der Waals surface area contributed by atoms with Gasteiger partial charge < -0.3 is 10.2 Å². The molecule has 1 saturated heterocycles. The van der Waals surface area contributed by atoms with Crippen molar-refractivity contribution in [1.82, 2.24) is 10.2 Å². The number of piperidine rings is 1. The molecule has 1 aliphatic heterocycles. The predicted molar refractivity (Wildman–Crippen MR) is 78.9 cm³/mol. The van der Waals surface area contributed by atoms with Gasteiger partial charge in [0.25, 0.3) is 0 Å². The van der Waals surface area contributed by atoms with Gasteiger partial charge in [0.15, 0.2) is 0 Å². The molecule has 0 spiro atoms. The van der Waals surface area contributed by atoms with Crippen molar-refractivity contribution in [2.24, 2.45) is 11.8 Å². The molecule has 1 aliphatic carbocycles. The number of hydrogen-bond acceptors (Lipinski definition) is 2. The first kappa shape index (κ1) is 14.3. The van der Waals surface area contributed by atoms with Crippen molar-refractivity contribution in [3.8, 4) is 0 Å². The molecule has 0 aromatic rings. The summed E-state index contributed by atoms with van der Waals surface area (Å²) in [5.74, 6) is 1.86. The fourth-order valence-electron chi connectivity index (χ4n) is 3.67. The molecule has 0 radical (unpaired) electrons. The molecular formula is C16H32N2. The molecule has 0 bridgehead atoms. The third-order valence-corrected chi connectivity index (χ3v) is 5.15. The largest absolute Gasteiger partial charge is 0.311 e. The minimum Gasteiger partial charge on any atom is -0.311 e. The molecular weight excluding hydrogens is 220 g/mol. The Morgan fingerprint density at radius 1 is 0.889 bits per heavy atom. The highest BCUT2D eigenvalue weighted by Gasteiger charge is 2.24. The lowest BCUT2D eigenvalue weighted by Crippen LogP contribution is -2.45. The summed E-state index contributed by atoms with van der Waals surface area (Å²) in [6.07, 6.45) is 9.87. The summed E-state index contributed by atoms with van der Waals surface area (Å²) in [5.41, 5.74) is 0. The normalized spacial score (nSPS) is 32.7. The molecule has 2 aliphatic rings. The van der Waals surface area contributed by atoms with Gasteiger partial charge in [-0.25, -0.2) is 0 Å². The fraction of sp³-hybridized carbons (Fsp3) is 1.00. The topological polar surface area (TPSA) is 15.3 Å². The van der Waals surface area contributed by atoms with Crippen molar-refractivity contribution in [3.63, 3.8) is 0 Å². The quantitative estimate of drug-likeness (QED) is 0.776. The molecule has 2 fully saturated rings. The molecule has 2 heteroatoms. The Balaban J connectivity index is 1.73. The zero-order valence-corrected chi connectivity index (χ0v) is 12.6. The molecule has 0 aromatic heterocycles. The van der Waals surface area contributed by atoms with Crippen LogP contribution in [0.15, 0.2) is 0 Å². The van der Waals surface area contributed by atoms with Gasteiger partial charge in [0.05, 0.1) is 0 Å². The number of likely N-dealkylation sites (tertiary alicyclic amines) is 1. The maximum Gasteiger partial charge on any atom is 0.00939 e. The van der Waals surface area contributed by atoms with Crippen LogP contribution in [0.3, 0.4) is 0 Å². The van der Waals surface area contributed by atoms with Gasteiger partial charge in [0.2, 0.25) is 0 Å². The van der Waals surface area contributed by atoms with Gasteiger partial charge in [-0.2, -0.15) is 0 Å². The molecule has 2 atom stereocenters. The first-order chi connectivity index (χ1) is 8.65. The second-order valence-electron chi connectivity index (χ2n) is 6.95. The number of nitrogens with one attached hydrogen (secondary N) is 1. The maximum atomic E-state index is 3.95. The Kier molecular flexibility index (Phi) is 5.50. The molecule has 18 heavy (non-hydrogen) atoms. The average molecular weight is 252 g/mol. The molecule has 1 heterocycles. The second-order valence-corrected chi connectivity index (χ2v) is 6.95. The van der Waals surface area contributed by atoms with Crippen molar-refractivity contribution < 1.29 is 0 Å². The van der Waals surface area contributed by atoms with E-state index in [0.717, 1.165) is 23.9 Å². The zero-order chi connectivity index (χ0) is 13.0. The smallest absolute Gasteiger partial charge is 0.00939 e. The number of nitrogens with zero attached hydrogens (tertiary/aromatic N) is 1. The van der Waals surface area contributed by atoms with Crippen LogP contribution in [0, 0.1) is 11.8 Å². The van der Waals surface area contributed by atoms with E-state index in [0.29, 0.717) is 0 Å². The second kappa shape index (κ2) is 6.91. The summed E-state index contributed by atoms with van der Waals surface area (Å²) >= 11 is 0. The van der Waals surface area contributed by atoms with Crippen LogP contribution in [0.1, 0.15) is 58.8 Å². The van der Waals surface area contributed by atoms with Crippen LogP contribution in [0.4, 0.5) is 0 Å². The van der Waals surface area contributed by atoms with Gasteiger partial charge in [0.1, 0.15) is 0 Å². The molecule has 1 N–H and O–H groups in total. The molecule has 2 nitrogen and oxygen atoms in total. The molecule has 0 aromatic carbocycles. The molecule has 1 saturated carbocycles. The lowest BCUT2D eigenvalue weighted by molar-refractivity contribution is 0.219. The van der Waals surface area contributed by atoms with Crippen molar-refractivity contribution in [2.45, 2.75) is 70.9 Å². The van der Waals surface area contributed by atoms with Crippen molar-refractivity contribution >= 4 is 0 Å². The third kappa shape index (κ3) is 4.24. The van der Waals surface area contributed by atoms with Crippen LogP contribution in [0.25, 0.3) is 0 Å². The van der Waals surface area contributed by atoms with Gasteiger partial charge >= 0.3 is 0 Å². The molecule has 2 unspecified atom stereocenters. The predicted octanol–water partition coefficient (Wildman–Crippen LogP) is 3.28. The Morgan fingerprint density at radius 3 is 2.22 bits per heavy atom. The number of hydrogen-bond donors (Lipinski definition) is 1. The highest BCUT2D eigenvalue weighted by atomic mass is 15.1. The molecule has 0 amide bonds. The van der Waals surface area contributed by atoms with Crippen molar-refractivity contribution in [2.75, 3.05) is 20.1 Å². The van der Waals surface area contributed by atoms with E-state index in [4.69, 9.17) is 0 Å². The van der Waals surface area contributed by atoms with Crippen LogP contribution < -0.4 is 5.32 Å². The van der Waals surface area contributed by atoms with Gasteiger partial charge in [-0.15, -0.1) is 0 Å². The fourth-order valence-corrected chi connectivity index (χ4v) is 3.67. The van der Waals surface area contributed by atoms with Crippen LogP contribution >= 0.6 is 0 Å². The van der Waals surface area contributed by atoms with E-state index < -0.39 is 0 Å². The van der Waals surface area contributed by atoms with Gasteiger partial charge in [-0.1, -0.05) is 26.7 Å². The van der Waals surface area contributed by atoms with Crippen molar-refractivity contribution in [1.29, 1.82) is 0 Å². The Labute approximate surface area is 114 Å². The average Bonchev–Trinajstić information content (AvgIpc) is 2.58. The van der Waals surface area contributed by atoms with Gasteiger partial charge in [-0.3, -0.25) is 0 Å². The summed E-state index contributed by atoms with van der Waals surface area (Å²) in [6.45, 7) is 7.35. The zero-order valence-electron chi connectivity index (χ0n) is 12.6. The lowest BCUT2D eigenvalue weighted by Gasteiger charge is -2.32. The summed E-state index contributed by atoms with van der Waals surface area (Å²) in [7, 11) is 2.25. The molecule has 106 valence electrons. The minimum absolute atomic E-state index is 0.793. The van der Waals surface area contributed by atoms with E-state index in [1.807, 2.05) is 0 Å². The summed E-state index contributed by atoms with van der Waals surface area (Å²) in [6, 6.07) is 1.60. The van der Waals surface area contributed by atoms with E-state index in [-0.39, 0.29) is 0 Å². The molecule has 2 rings (SSSR count). The standard InChI is InChI=1S/C16H32N2/c1-13(2)14-5-4-6-15(8-7-14)17-16-9-11-18(3)12-10-16/h13-17H,4-12H2,1-3H3. The highest BCUT2D eigenvalue weighted by molar-refractivity contribution is 4.82. The SMILES string of the molecule is CC(C)C1CCCC(NC2CCN(C)CC2)CC1. The first-order valence-electron chi connectivity index (χ1n) is 8.09. The minimum atomic E-state index is 0.793. The van der Waals surface area contributed by atoms with Gasteiger partial charge in [0, 0.05) is 12.1 Å². The maximum absolute atomic E-state index is 3.95. The van der Waals surface area contributed by atoms with E-state index in [1.165, 1.54) is 58.0 Å². The van der Waals surface area contributed by atoms with E-state index in [9.17, 15) is 0 Å². The van der Waals surface area contributed by atoms with E-state index in [2.05, 4.69) is 31.1 Å². The van der Waals surface area contributed by atoms with Crippen LogP contribution in [-0.4, -0.2) is 37.1 Å². The van der Waals surface area contributed by atoms with E-state index >= 15 is 0 Å². The van der Waals surface area contributed by atoms with Crippen LogP contribution in [0.5, 0.6) is 0 Å². The highest BCUT2D eigenvalue weighted by Crippen LogP contribution is 2.29. The first-order valence-corrected chi connectivity index (χ1v) is 8.09. The number of rotatable bonds is 3. The van der Waals surface area contributed by atoms with Crippen LogP contribution in [-0.2, 0) is 0 Å². The van der Waals surface area contributed by atoms with Crippen molar-refractivity contribution in [3.05, 3.63) is 0 Å². The Hall–Kier alpha value is -0.0800. The Bertz CT molecular complexity index is 231. The monoisotopic (exact) mass is 252 g/mol. The third-order valence-electron chi connectivity index (χ3n) is 5.15. The Morgan fingerprint density at radius 2 is 1.56 bits per heavy atom. The summed E-state index contributed by atoms with van der Waals surface area (Å²) in [5, 5.41) is 3.95. The summed E-state index contributed by atoms with van der Waals surface area (Å²) < 4.78 is 0. The van der Waals surface area contributed by atoms with E-state index in [1.54, 1.807) is 0 Å².